The lowest BCUT2D eigenvalue weighted by molar-refractivity contribution is -0.122. The number of rotatable bonds is 5. The molecule has 1 unspecified atom stereocenters. The van der Waals surface area contributed by atoms with E-state index in [0.717, 1.165) is 11.1 Å². The molecule has 0 spiro atoms. The van der Waals surface area contributed by atoms with Crippen molar-refractivity contribution in [2.24, 2.45) is 5.73 Å². The summed E-state index contributed by atoms with van der Waals surface area (Å²) in [6.45, 7) is 0. The molecule has 0 aliphatic carbocycles. The van der Waals surface area contributed by atoms with Gasteiger partial charge in [-0.2, -0.15) is 11.3 Å². The lowest BCUT2D eigenvalue weighted by Gasteiger charge is -2.11. The Bertz CT molecular complexity index is 940. The molecule has 1 atom stereocenters. The van der Waals surface area contributed by atoms with Crippen molar-refractivity contribution in [1.82, 2.24) is 0 Å². The highest BCUT2D eigenvalue weighted by atomic mass is 32.1. The summed E-state index contributed by atoms with van der Waals surface area (Å²) < 4.78 is 13.6. The molecular formula is C19H16FN3O2S. The third kappa shape index (κ3) is 3.73. The normalized spacial score (nSPS) is 11.7. The van der Waals surface area contributed by atoms with Crippen molar-refractivity contribution >= 4 is 34.5 Å². The van der Waals surface area contributed by atoms with Gasteiger partial charge in [-0.05, 0) is 57.8 Å². The maximum Gasteiger partial charge on any atom is 0.256 e. The lowest BCUT2D eigenvalue weighted by Crippen LogP contribution is -2.18. The Kier molecular flexibility index (Phi) is 4.99. The second-order valence-corrected chi connectivity index (χ2v) is 6.44. The molecule has 0 saturated heterocycles. The largest absolute Gasteiger partial charge is 0.397 e. The molecule has 0 radical (unpaired) electrons. The van der Waals surface area contributed by atoms with Gasteiger partial charge in [0.1, 0.15) is 0 Å². The highest BCUT2D eigenvalue weighted by Crippen LogP contribution is 2.29. The van der Waals surface area contributed by atoms with Crippen LogP contribution in [-0.2, 0) is 4.79 Å². The van der Waals surface area contributed by atoms with Gasteiger partial charge in [-0.1, -0.05) is 18.2 Å². The summed E-state index contributed by atoms with van der Waals surface area (Å²) in [5.74, 6) is -1.46. The Morgan fingerprint density at radius 1 is 1.04 bits per heavy atom. The summed E-state index contributed by atoms with van der Waals surface area (Å²) in [5, 5.41) is 6.72. The number of alkyl halides is 1. The molecule has 0 aliphatic rings. The zero-order valence-corrected chi connectivity index (χ0v) is 14.4. The number of carbonyl (C=O) groups is 2. The smallest absolute Gasteiger partial charge is 0.256 e. The quantitative estimate of drug-likeness (QED) is 0.597. The van der Waals surface area contributed by atoms with E-state index in [9.17, 15) is 14.0 Å². The van der Waals surface area contributed by atoms with Gasteiger partial charge in [0.25, 0.3) is 11.8 Å². The van der Waals surface area contributed by atoms with E-state index in [1.807, 2.05) is 22.9 Å². The number of primary amides is 1. The van der Waals surface area contributed by atoms with E-state index in [4.69, 9.17) is 11.5 Å². The van der Waals surface area contributed by atoms with Gasteiger partial charge < -0.3 is 16.8 Å². The fraction of sp³-hybridized carbons (Fsp3) is 0.0526. The molecule has 3 aromatic rings. The van der Waals surface area contributed by atoms with E-state index < -0.39 is 12.1 Å². The zero-order chi connectivity index (χ0) is 18.7. The standard InChI is InChI=1S/C19H16FN3O2S/c20-17(18(22)24)11-1-3-12(4-2-11)19(25)23-16-9-13(5-6-15(16)21)14-7-8-26-10-14/h1-10,17H,21H2,(H2,22,24)(H,23,25). The van der Waals surface area contributed by atoms with E-state index in [1.54, 1.807) is 23.5 Å². The van der Waals surface area contributed by atoms with Crippen LogP contribution in [0.15, 0.2) is 59.3 Å². The van der Waals surface area contributed by atoms with Crippen LogP contribution < -0.4 is 16.8 Å². The summed E-state index contributed by atoms with van der Waals surface area (Å²) in [5.41, 5.74) is 14.2. The average Bonchev–Trinajstić information content (AvgIpc) is 3.17. The summed E-state index contributed by atoms with van der Waals surface area (Å²) >= 11 is 1.58. The number of nitrogens with one attached hydrogen (secondary N) is 1. The Morgan fingerprint density at radius 3 is 2.38 bits per heavy atom. The van der Waals surface area contributed by atoms with Crippen LogP contribution in [0.2, 0.25) is 0 Å². The van der Waals surface area contributed by atoms with E-state index in [2.05, 4.69) is 5.32 Å². The minimum atomic E-state index is -1.90. The van der Waals surface area contributed by atoms with Crippen molar-refractivity contribution in [3.05, 3.63) is 70.4 Å². The maximum absolute atomic E-state index is 13.6. The van der Waals surface area contributed by atoms with E-state index in [1.165, 1.54) is 24.3 Å². The topological polar surface area (TPSA) is 98.2 Å². The SMILES string of the molecule is NC(=O)C(F)c1ccc(C(=O)Nc2cc(-c3ccsc3)ccc2N)cc1. The van der Waals surface area contributed by atoms with Crippen molar-refractivity contribution in [3.8, 4) is 11.1 Å². The van der Waals surface area contributed by atoms with Crippen LogP contribution in [0.4, 0.5) is 15.8 Å². The average molecular weight is 369 g/mol. The molecule has 0 fully saturated rings. The van der Waals surface area contributed by atoms with Crippen molar-refractivity contribution in [3.63, 3.8) is 0 Å². The summed E-state index contributed by atoms with van der Waals surface area (Å²) in [6.07, 6.45) is -1.90. The molecule has 0 aliphatic heterocycles. The van der Waals surface area contributed by atoms with Crippen LogP contribution in [0.1, 0.15) is 22.1 Å². The second kappa shape index (κ2) is 7.37. The van der Waals surface area contributed by atoms with Crippen molar-refractivity contribution < 1.29 is 14.0 Å². The molecule has 1 heterocycles. The van der Waals surface area contributed by atoms with Gasteiger partial charge in [-0.3, -0.25) is 9.59 Å². The number of nitrogens with two attached hydrogens (primary N) is 2. The number of anilines is 2. The molecular weight excluding hydrogens is 353 g/mol. The summed E-state index contributed by atoms with van der Waals surface area (Å²) in [4.78, 5) is 23.3. The summed E-state index contributed by atoms with van der Waals surface area (Å²) in [6, 6.07) is 13.0. The number of carbonyl (C=O) groups excluding carboxylic acids is 2. The number of hydrogen-bond acceptors (Lipinski definition) is 4. The van der Waals surface area contributed by atoms with Gasteiger partial charge in [0.2, 0.25) is 6.17 Å². The number of halogens is 1. The number of thiophene rings is 1. The van der Waals surface area contributed by atoms with Crippen molar-refractivity contribution in [2.75, 3.05) is 11.1 Å². The Labute approximate surface area is 153 Å². The molecule has 2 aromatic carbocycles. The first-order chi connectivity index (χ1) is 12.5. The minimum absolute atomic E-state index is 0.105. The molecule has 5 nitrogen and oxygen atoms in total. The minimum Gasteiger partial charge on any atom is -0.397 e. The highest BCUT2D eigenvalue weighted by Gasteiger charge is 2.17. The first-order valence-corrected chi connectivity index (χ1v) is 8.67. The van der Waals surface area contributed by atoms with Gasteiger partial charge in [0.15, 0.2) is 0 Å². The van der Waals surface area contributed by atoms with Crippen LogP contribution >= 0.6 is 11.3 Å². The van der Waals surface area contributed by atoms with Crippen LogP contribution in [0.25, 0.3) is 11.1 Å². The predicted octanol–water partition coefficient (Wildman–Crippen LogP) is 3.75. The number of amides is 2. The number of hydrogen-bond donors (Lipinski definition) is 3. The van der Waals surface area contributed by atoms with Gasteiger partial charge in [-0.25, -0.2) is 4.39 Å². The van der Waals surface area contributed by atoms with Crippen LogP contribution in [-0.4, -0.2) is 11.8 Å². The zero-order valence-electron chi connectivity index (χ0n) is 13.6. The van der Waals surface area contributed by atoms with E-state index in [0.29, 0.717) is 16.9 Å². The molecule has 0 bridgehead atoms. The van der Waals surface area contributed by atoms with Gasteiger partial charge in [0.05, 0.1) is 11.4 Å². The van der Waals surface area contributed by atoms with E-state index >= 15 is 0 Å². The second-order valence-electron chi connectivity index (χ2n) is 5.66. The van der Waals surface area contributed by atoms with E-state index in [-0.39, 0.29) is 11.5 Å². The fourth-order valence-corrected chi connectivity index (χ4v) is 3.10. The molecule has 0 saturated carbocycles. The van der Waals surface area contributed by atoms with Crippen molar-refractivity contribution in [2.45, 2.75) is 6.17 Å². The molecule has 3 rings (SSSR count). The molecule has 132 valence electrons. The predicted molar refractivity (Wildman–Crippen MR) is 102 cm³/mol. The van der Waals surface area contributed by atoms with Crippen LogP contribution in [0, 0.1) is 0 Å². The monoisotopic (exact) mass is 369 g/mol. The molecule has 7 heteroatoms. The Morgan fingerprint density at radius 2 is 1.77 bits per heavy atom. The fourth-order valence-electron chi connectivity index (χ4n) is 2.44. The third-order valence-corrected chi connectivity index (χ3v) is 4.55. The van der Waals surface area contributed by atoms with Gasteiger partial charge in [0, 0.05) is 5.56 Å². The first-order valence-electron chi connectivity index (χ1n) is 7.72. The molecule has 5 N–H and O–H groups in total. The van der Waals surface area contributed by atoms with Gasteiger partial charge in [-0.15, -0.1) is 0 Å². The first kappa shape index (κ1) is 17.6. The highest BCUT2D eigenvalue weighted by molar-refractivity contribution is 7.08. The number of nitrogen functional groups attached to an aromatic ring is 1. The third-order valence-electron chi connectivity index (χ3n) is 3.87. The van der Waals surface area contributed by atoms with Crippen LogP contribution in [0.3, 0.4) is 0 Å². The molecule has 26 heavy (non-hydrogen) atoms. The molecule has 2 amide bonds. The van der Waals surface area contributed by atoms with Crippen molar-refractivity contribution in [1.29, 1.82) is 0 Å². The van der Waals surface area contributed by atoms with Crippen LogP contribution in [0.5, 0.6) is 0 Å². The summed E-state index contributed by atoms with van der Waals surface area (Å²) in [7, 11) is 0. The van der Waals surface area contributed by atoms with Gasteiger partial charge >= 0.3 is 0 Å². The Hall–Kier alpha value is -3.19. The maximum atomic E-state index is 13.6. The molecule has 1 aromatic heterocycles. The Balaban J connectivity index is 1.79. The lowest BCUT2D eigenvalue weighted by atomic mass is 10.1. The number of benzene rings is 2.